The third-order valence-electron chi connectivity index (χ3n) is 1.74. The van der Waals surface area contributed by atoms with Gasteiger partial charge in [-0.3, -0.25) is 4.79 Å². The molecule has 0 aromatic heterocycles. The summed E-state index contributed by atoms with van der Waals surface area (Å²) in [5, 5.41) is -0.251. The zero-order valence-electron chi connectivity index (χ0n) is 11.4. The van der Waals surface area contributed by atoms with Gasteiger partial charge in [0, 0.05) is 12.3 Å². The number of hydrogen-bond donors (Lipinski definition) is 1. The predicted molar refractivity (Wildman–Crippen MR) is 68.4 cm³/mol. The Hall–Kier alpha value is -1.08. The summed E-state index contributed by atoms with van der Waals surface area (Å²) in [6, 6.07) is -0.774. The van der Waals surface area contributed by atoms with Gasteiger partial charge < -0.3 is 15.2 Å². The molecule has 0 aromatic carbocycles. The summed E-state index contributed by atoms with van der Waals surface area (Å²) in [4.78, 5) is 11.5. The van der Waals surface area contributed by atoms with Gasteiger partial charge in [0.25, 0.3) is 0 Å². The van der Waals surface area contributed by atoms with E-state index >= 15 is 0 Å². The zero-order valence-corrected chi connectivity index (χ0v) is 12.2. The summed E-state index contributed by atoms with van der Waals surface area (Å²) in [5.41, 5.74) is 5.05. The molecule has 0 unspecified atom stereocenters. The molecular formula is C11H21NO5S. The van der Waals surface area contributed by atoms with Crippen LogP contribution in [0.15, 0.2) is 11.2 Å². The molecule has 0 aliphatic heterocycles. The molecule has 0 fully saturated rings. The lowest BCUT2D eigenvalue weighted by atomic mass is 10.2. The molecule has 0 saturated carbocycles. The standard InChI is InChI=1S/C11H21NO5S/c1-11(2,3)17-9(13)6-8(12)7-10(16-4)18(5,14)15/h7-8H,6,12H2,1-5H3/b10-7+/t8-/m0/s1. The molecule has 0 aliphatic carbocycles. The molecule has 6 nitrogen and oxygen atoms in total. The van der Waals surface area contributed by atoms with Crippen molar-refractivity contribution in [3.8, 4) is 0 Å². The maximum absolute atomic E-state index is 11.5. The molecule has 18 heavy (non-hydrogen) atoms. The molecule has 0 bridgehead atoms. The van der Waals surface area contributed by atoms with Gasteiger partial charge >= 0.3 is 5.97 Å². The summed E-state index contributed by atoms with van der Waals surface area (Å²) < 4.78 is 32.3. The number of nitrogens with two attached hydrogens (primary N) is 1. The monoisotopic (exact) mass is 279 g/mol. The summed E-state index contributed by atoms with van der Waals surface area (Å²) >= 11 is 0. The number of methoxy groups -OCH3 is 1. The SMILES string of the molecule is CO/C(=C\[C@@H](N)CC(=O)OC(C)(C)C)S(C)(=O)=O. The molecule has 1 atom stereocenters. The highest BCUT2D eigenvalue weighted by Crippen LogP contribution is 2.11. The lowest BCUT2D eigenvalue weighted by Crippen LogP contribution is -2.29. The van der Waals surface area contributed by atoms with E-state index in [1.54, 1.807) is 20.8 Å². The second-order valence-electron chi connectivity index (χ2n) is 4.92. The minimum Gasteiger partial charge on any atom is -0.487 e. The van der Waals surface area contributed by atoms with E-state index in [0.717, 1.165) is 6.26 Å². The Balaban J connectivity index is 4.65. The number of esters is 1. The Kier molecular flexibility index (Phi) is 5.82. The van der Waals surface area contributed by atoms with E-state index in [9.17, 15) is 13.2 Å². The molecule has 0 rings (SSSR count). The van der Waals surface area contributed by atoms with E-state index in [1.807, 2.05) is 0 Å². The number of hydrogen-bond acceptors (Lipinski definition) is 6. The first-order valence-electron chi connectivity index (χ1n) is 5.39. The van der Waals surface area contributed by atoms with Crippen LogP contribution in [-0.2, 0) is 24.1 Å². The average molecular weight is 279 g/mol. The van der Waals surface area contributed by atoms with Gasteiger partial charge in [0.1, 0.15) is 5.60 Å². The highest BCUT2D eigenvalue weighted by atomic mass is 32.2. The van der Waals surface area contributed by atoms with E-state index in [1.165, 1.54) is 13.2 Å². The van der Waals surface area contributed by atoms with Gasteiger partial charge in [0.15, 0.2) is 0 Å². The van der Waals surface area contributed by atoms with Gasteiger partial charge in [-0.15, -0.1) is 0 Å². The van der Waals surface area contributed by atoms with Crippen LogP contribution in [0.25, 0.3) is 0 Å². The molecule has 0 radical (unpaired) electrons. The number of rotatable bonds is 5. The normalized spacial score (nSPS) is 15.1. The van der Waals surface area contributed by atoms with Gasteiger partial charge in [-0.2, -0.15) is 0 Å². The third-order valence-corrected chi connectivity index (χ3v) is 2.77. The van der Waals surface area contributed by atoms with Crippen molar-refractivity contribution < 1.29 is 22.7 Å². The van der Waals surface area contributed by atoms with Crippen LogP contribution in [0.1, 0.15) is 27.2 Å². The highest BCUT2D eigenvalue weighted by Gasteiger charge is 2.20. The Morgan fingerprint density at radius 3 is 2.22 bits per heavy atom. The van der Waals surface area contributed by atoms with Crippen molar-refractivity contribution in [1.29, 1.82) is 0 Å². The van der Waals surface area contributed by atoms with Crippen molar-refractivity contribution in [2.24, 2.45) is 5.73 Å². The van der Waals surface area contributed by atoms with E-state index in [4.69, 9.17) is 15.2 Å². The van der Waals surface area contributed by atoms with Crippen LogP contribution in [0.5, 0.6) is 0 Å². The summed E-state index contributed by atoms with van der Waals surface area (Å²) in [5.74, 6) is -0.491. The molecule has 0 aromatic rings. The quantitative estimate of drug-likeness (QED) is 0.584. The van der Waals surface area contributed by atoms with E-state index in [0.29, 0.717) is 0 Å². The third kappa shape index (κ3) is 7.29. The van der Waals surface area contributed by atoms with Crippen molar-refractivity contribution in [3.63, 3.8) is 0 Å². The van der Waals surface area contributed by atoms with E-state index < -0.39 is 27.4 Å². The molecule has 0 saturated heterocycles. The highest BCUT2D eigenvalue weighted by molar-refractivity contribution is 7.94. The van der Waals surface area contributed by atoms with Crippen LogP contribution in [0.4, 0.5) is 0 Å². The van der Waals surface area contributed by atoms with Crippen molar-refractivity contribution >= 4 is 15.8 Å². The number of ether oxygens (including phenoxy) is 2. The Labute approximate surface area is 108 Å². The largest absolute Gasteiger partial charge is 0.487 e. The van der Waals surface area contributed by atoms with E-state index in [-0.39, 0.29) is 11.5 Å². The fourth-order valence-electron chi connectivity index (χ4n) is 1.15. The second kappa shape index (κ2) is 6.19. The number of carbonyl (C=O) groups excluding carboxylic acids is 1. The van der Waals surface area contributed by atoms with Crippen LogP contribution in [0, 0.1) is 0 Å². The lowest BCUT2D eigenvalue weighted by molar-refractivity contribution is -0.154. The molecule has 7 heteroatoms. The van der Waals surface area contributed by atoms with Gasteiger partial charge in [0.05, 0.1) is 13.5 Å². The van der Waals surface area contributed by atoms with Gasteiger partial charge in [0.2, 0.25) is 14.9 Å². The van der Waals surface area contributed by atoms with Gasteiger partial charge in [-0.1, -0.05) is 0 Å². The van der Waals surface area contributed by atoms with Crippen molar-refractivity contribution in [2.45, 2.75) is 38.8 Å². The topological polar surface area (TPSA) is 95.7 Å². The molecule has 0 heterocycles. The van der Waals surface area contributed by atoms with Gasteiger partial charge in [-0.05, 0) is 26.8 Å². The second-order valence-corrected chi connectivity index (χ2v) is 6.86. The first-order chi connectivity index (χ1) is 7.95. The number of carbonyl (C=O) groups is 1. The molecule has 0 aliphatic rings. The average Bonchev–Trinajstić information content (AvgIpc) is 2.08. The minimum absolute atomic E-state index is 0.111. The molecule has 106 valence electrons. The van der Waals surface area contributed by atoms with Crippen molar-refractivity contribution in [3.05, 3.63) is 11.2 Å². The maximum atomic E-state index is 11.5. The lowest BCUT2D eigenvalue weighted by Gasteiger charge is -2.20. The fourth-order valence-corrected chi connectivity index (χ4v) is 1.88. The fraction of sp³-hybridized carbons (Fsp3) is 0.727. The van der Waals surface area contributed by atoms with E-state index in [2.05, 4.69) is 0 Å². The Bertz CT molecular complexity index is 419. The Morgan fingerprint density at radius 1 is 1.39 bits per heavy atom. The van der Waals surface area contributed by atoms with Crippen LogP contribution >= 0.6 is 0 Å². The summed E-state index contributed by atoms with van der Waals surface area (Å²) in [7, 11) is -2.24. The first kappa shape index (κ1) is 16.9. The van der Waals surface area contributed by atoms with Crippen LogP contribution in [-0.4, -0.2) is 39.4 Å². The molecule has 0 spiro atoms. The first-order valence-corrected chi connectivity index (χ1v) is 7.28. The maximum Gasteiger partial charge on any atom is 0.308 e. The predicted octanol–water partition coefficient (Wildman–Crippen LogP) is 0.578. The molecule has 0 amide bonds. The Morgan fingerprint density at radius 2 is 1.89 bits per heavy atom. The van der Waals surface area contributed by atoms with Crippen LogP contribution in [0.2, 0.25) is 0 Å². The minimum atomic E-state index is -3.47. The van der Waals surface area contributed by atoms with Crippen LogP contribution in [0.3, 0.4) is 0 Å². The smallest absolute Gasteiger partial charge is 0.308 e. The summed E-state index contributed by atoms with van der Waals surface area (Å²) in [6.45, 7) is 5.22. The summed E-state index contributed by atoms with van der Waals surface area (Å²) in [6.07, 6.45) is 2.08. The zero-order chi connectivity index (χ0) is 14.6. The van der Waals surface area contributed by atoms with Crippen molar-refractivity contribution in [1.82, 2.24) is 0 Å². The molecular weight excluding hydrogens is 258 g/mol. The number of sulfone groups is 1. The molecule has 2 N–H and O–H groups in total. The van der Waals surface area contributed by atoms with Crippen LogP contribution < -0.4 is 5.73 Å². The van der Waals surface area contributed by atoms with Crippen molar-refractivity contribution in [2.75, 3.05) is 13.4 Å². The van der Waals surface area contributed by atoms with Gasteiger partial charge in [-0.25, -0.2) is 8.42 Å².